The van der Waals surface area contributed by atoms with Crippen molar-refractivity contribution in [2.75, 3.05) is 4.90 Å². The van der Waals surface area contributed by atoms with Gasteiger partial charge in [0.05, 0.1) is 11.0 Å². The first-order chi connectivity index (χ1) is 30.9. The van der Waals surface area contributed by atoms with Gasteiger partial charge >= 0.3 is 0 Å². The van der Waals surface area contributed by atoms with Crippen LogP contribution in [0.2, 0.25) is 0 Å². The highest BCUT2D eigenvalue weighted by molar-refractivity contribution is 6.10. The molecule has 0 bridgehead atoms. The van der Waals surface area contributed by atoms with Crippen molar-refractivity contribution in [1.29, 1.82) is 0 Å². The molecule has 0 fully saturated rings. The van der Waals surface area contributed by atoms with E-state index in [-0.39, 0.29) is 27.2 Å². The van der Waals surface area contributed by atoms with E-state index in [9.17, 15) is 0 Å². The number of para-hydroxylation sites is 2. The molecule has 0 saturated heterocycles. The molecule has 0 aliphatic heterocycles. The number of anilines is 2. The Morgan fingerprint density at radius 2 is 0.712 bits per heavy atom. The standard InChI is InChI=1S/C24H35N.C22H21N.C18H18/c1-22(2,3)18-10-14-20(15-11-18)25(24(7,8)9)21-16-12-19(13-17-21)23(4,5)6;1-22(2,3)16-13-14-21-19(15-16)18-11-7-8-12-20(18)23(21)17-9-5-4-6-10-17;1-18(2,3)15-10-11-17-14(12-15)9-8-13-6-4-5-7-16(13)17/h10-17H,1-9H3;4-15H,1-3H3;4-12H,1-3H3. The van der Waals surface area contributed by atoms with Gasteiger partial charge in [0.15, 0.2) is 0 Å². The first-order valence-electron chi connectivity index (χ1n) is 23.9. The molecule has 8 aromatic carbocycles. The van der Waals surface area contributed by atoms with E-state index in [1.54, 1.807) is 0 Å². The fourth-order valence-corrected chi connectivity index (χ4v) is 8.92. The summed E-state index contributed by atoms with van der Waals surface area (Å²) < 4.78 is 2.36. The van der Waals surface area contributed by atoms with Gasteiger partial charge in [-0.15, -0.1) is 0 Å². The van der Waals surface area contributed by atoms with Gasteiger partial charge in [0, 0.05) is 33.4 Å². The third kappa shape index (κ3) is 10.6. The molecule has 0 aliphatic rings. The van der Waals surface area contributed by atoms with Crippen LogP contribution in [0.15, 0.2) is 176 Å². The van der Waals surface area contributed by atoms with E-state index in [0.29, 0.717) is 0 Å². The summed E-state index contributed by atoms with van der Waals surface area (Å²) in [6, 6.07) is 64.1. The Bertz CT molecular complexity index is 3000. The molecule has 0 radical (unpaired) electrons. The average Bonchev–Trinajstić information content (AvgIpc) is 3.59. The second kappa shape index (κ2) is 18.3. The van der Waals surface area contributed by atoms with Gasteiger partial charge in [-0.05, 0) is 141 Å². The maximum absolute atomic E-state index is 2.42. The molecular weight excluding hydrogens is 797 g/mol. The van der Waals surface area contributed by atoms with E-state index in [4.69, 9.17) is 0 Å². The number of benzene rings is 8. The van der Waals surface area contributed by atoms with Gasteiger partial charge in [0.2, 0.25) is 0 Å². The molecule has 2 nitrogen and oxygen atoms in total. The maximum Gasteiger partial charge on any atom is 0.0541 e. The van der Waals surface area contributed by atoms with Crippen LogP contribution in [0.1, 0.15) is 126 Å². The molecule has 0 saturated carbocycles. The maximum atomic E-state index is 2.42. The van der Waals surface area contributed by atoms with E-state index in [2.05, 4.69) is 289 Å². The lowest BCUT2D eigenvalue weighted by Crippen LogP contribution is -2.37. The van der Waals surface area contributed by atoms with Gasteiger partial charge in [-0.3, -0.25) is 0 Å². The van der Waals surface area contributed by atoms with Gasteiger partial charge in [-0.25, -0.2) is 0 Å². The molecule has 1 aromatic heterocycles. The zero-order valence-corrected chi connectivity index (χ0v) is 42.6. The largest absolute Gasteiger partial charge is 0.336 e. The lowest BCUT2D eigenvalue weighted by Gasteiger charge is -2.38. The number of hydrogen-bond donors (Lipinski definition) is 0. The van der Waals surface area contributed by atoms with Crippen LogP contribution in [0, 0.1) is 0 Å². The van der Waals surface area contributed by atoms with Crippen LogP contribution in [-0.2, 0) is 21.7 Å². The van der Waals surface area contributed by atoms with E-state index >= 15 is 0 Å². The number of aromatic nitrogens is 1. The summed E-state index contributed by atoms with van der Waals surface area (Å²) in [6.45, 7) is 33.9. The molecule has 9 aromatic rings. The molecule has 0 unspecified atom stereocenters. The predicted molar refractivity (Wildman–Crippen MR) is 292 cm³/mol. The van der Waals surface area contributed by atoms with Crippen molar-refractivity contribution >= 4 is 54.7 Å². The van der Waals surface area contributed by atoms with Crippen LogP contribution in [0.5, 0.6) is 0 Å². The van der Waals surface area contributed by atoms with E-state index < -0.39 is 0 Å². The van der Waals surface area contributed by atoms with Gasteiger partial charge < -0.3 is 9.47 Å². The Kier molecular flexibility index (Phi) is 13.2. The average molecular weight is 871 g/mol. The van der Waals surface area contributed by atoms with Gasteiger partial charge in [0.1, 0.15) is 0 Å². The number of fused-ring (bicyclic) bond motifs is 6. The third-order valence-electron chi connectivity index (χ3n) is 12.8. The number of nitrogens with zero attached hydrogens (tertiary/aromatic N) is 2. The first-order valence-corrected chi connectivity index (χ1v) is 23.9. The minimum Gasteiger partial charge on any atom is -0.336 e. The van der Waals surface area contributed by atoms with E-state index in [1.165, 1.54) is 82.7 Å². The van der Waals surface area contributed by atoms with Crippen molar-refractivity contribution in [2.45, 2.75) is 131 Å². The highest BCUT2D eigenvalue weighted by Gasteiger charge is 2.25. The fourth-order valence-electron chi connectivity index (χ4n) is 8.92. The Morgan fingerprint density at radius 1 is 0.303 bits per heavy atom. The van der Waals surface area contributed by atoms with Crippen LogP contribution in [0.3, 0.4) is 0 Å². The SMILES string of the molecule is CC(C)(C)c1ccc(N(c2ccc(C(C)(C)C)cc2)C(C)(C)C)cc1.CC(C)(C)c1ccc2c(c1)c1ccccc1n2-c1ccccc1.CC(C)(C)c1ccc2c(ccc3ccccc32)c1. The second-order valence-electron chi connectivity index (χ2n) is 23.2. The summed E-state index contributed by atoms with van der Waals surface area (Å²) in [4.78, 5) is 2.42. The molecule has 0 amide bonds. The van der Waals surface area contributed by atoms with Crippen LogP contribution >= 0.6 is 0 Å². The zero-order chi connectivity index (χ0) is 47.8. The minimum absolute atomic E-state index is 0.00645. The summed E-state index contributed by atoms with van der Waals surface area (Å²) in [5.41, 5.74) is 12.5. The highest BCUT2D eigenvalue weighted by Crippen LogP contribution is 2.38. The predicted octanol–water partition coefficient (Wildman–Crippen LogP) is 18.6. The van der Waals surface area contributed by atoms with Crippen LogP contribution in [0.4, 0.5) is 11.4 Å². The van der Waals surface area contributed by atoms with Crippen molar-refractivity contribution in [3.05, 3.63) is 198 Å². The molecule has 9 rings (SSSR count). The Hall–Kier alpha value is -6.12. The fraction of sp³-hybridized carbons (Fsp3) is 0.312. The molecule has 2 heteroatoms. The highest BCUT2D eigenvalue weighted by atomic mass is 15.2. The molecular formula is C64H74N2. The molecule has 340 valence electrons. The lowest BCUT2D eigenvalue weighted by atomic mass is 9.85. The van der Waals surface area contributed by atoms with Crippen molar-refractivity contribution in [1.82, 2.24) is 4.57 Å². The minimum atomic E-state index is 0.00645. The molecule has 66 heavy (non-hydrogen) atoms. The van der Waals surface area contributed by atoms with Crippen LogP contribution in [0.25, 0.3) is 49.0 Å². The van der Waals surface area contributed by atoms with Crippen LogP contribution < -0.4 is 4.90 Å². The Labute approximate surface area is 397 Å². The smallest absolute Gasteiger partial charge is 0.0541 e. The molecule has 0 N–H and O–H groups in total. The molecule has 1 heterocycles. The normalized spacial score (nSPS) is 12.5. The van der Waals surface area contributed by atoms with Gasteiger partial charge in [-0.1, -0.05) is 204 Å². The van der Waals surface area contributed by atoms with E-state index in [0.717, 1.165) is 0 Å². The summed E-state index contributed by atoms with van der Waals surface area (Å²) in [7, 11) is 0. The number of rotatable bonds is 3. The lowest BCUT2D eigenvalue weighted by molar-refractivity contribution is 0.558. The summed E-state index contributed by atoms with van der Waals surface area (Å²) in [5, 5.41) is 7.99. The second-order valence-corrected chi connectivity index (χ2v) is 23.2. The van der Waals surface area contributed by atoms with Crippen molar-refractivity contribution in [3.63, 3.8) is 0 Å². The van der Waals surface area contributed by atoms with E-state index in [1.807, 2.05) is 0 Å². The number of hydrogen-bond acceptors (Lipinski definition) is 1. The van der Waals surface area contributed by atoms with Crippen molar-refractivity contribution in [2.24, 2.45) is 0 Å². The monoisotopic (exact) mass is 871 g/mol. The summed E-state index contributed by atoms with van der Waals surface area (Å²) in [5.74, 6) is 0. The van der Waals surface area contributed by atoms with Crippen molar-refractivity contribution in [3.8, 4) is 5.69 Å². The summed E-state index contributed by atoms with van der Waals surface area (Å²) >= 11 is 0. The Balaban J connectivity index is 0.000000149. The third-order valence-corrected chi connectivity index (χ3v) is 12.8. The van der Waals surface area contributed by atoms with Crippen molar-refractivity contribution < 1.29 is 0 Å². The summed E-state index contributed by atoms with van der Waals surface area (Å²) in [6.07, 6.45) is 0. The quantitative estimate of drug-likeness (QED) is 0.161. The van der Waals surface area contributed by atoms with Gasteiger partial charge in [-0.2, -0.15) is 0 Å². The van der Waals surface area contributed by atoms with Crippen LogP contribution in [-0.4, -0.2) is 10.1 Å². The molecule has 0 atom stereocenters. The topological polar surface area (TPSA) is 8.17 Å². The molecule has 0 aliphatic carbocycles. The first kappa shape index (κ1) is 47.8. The molecule has 0 spiro atoms. The van der Waals surface area contributed by atoms with Gasteiger partial charge in [0.25, 0.3) is 0 Å². The Morgan fingerprint density at radius 3 is 1.24 bits per heavy atom. The zero-order valence-electron chi connectivity index (χ0n) is 42.6.